The number of nitrogens with zero attached hydrogens (tertiary/aromatic N) is 1. The molecular formula is C28H22ClN3O2S2. The molecule has 3 aromatic carbocycles. The van der Waals surface area contributed by atoms with Crippen molar-refractivity contribution in [3.05, 3.63) is 99.9 Å². The number of amides is 2. The van der Waals surface area contributed by atoms with E-state index >= 15 is 0 Å². The molecule has 4 rings (SSSR count). The van der Waals surface area contributed by atoms with Gasteiger partial charge in [-0.2, -0.15) is 5.26 Å². The summed E-state index contributed by atoms with van der Waals surface area (Å²) >= 11 is 8.69. The average molecular weight is 532 g/mol. The molecule has 0 radical (unpaired) electrons. The van der Waals surface area contributed by atoms with E-state index in [-0.39, 0.29) is 11.8 Å². The van der Waals surface area contributed by atoms with Crippen molar-refractivity contribution in [1.82, 2.24) is 0 Å². The predicted molar refractivity (Wildman–Crippen MR) is 149 cm³/mol. The number of rotatable bonds is 7. The van der Waals surface area contributed by atoms with E-state index in [1.54, 1.807) is 37.3 Å². The second-order valence-electron chi connectivity index (χ2n) is 8.07. The number of carbonyl (C=O) groups excluding carboxylic acids is 2. The molecule has 0 bridgehead atoms. The van der Waals surface area contributed by atoms with E-state index in [2.05, 4.69) is 16.7 Å². The Morgan fingerprint density at radius 2 is 1.78 bits per heavy atom. The van der Waals surface area contributed by atoms with Gasteiger partial charge in [0, 0.05) is 32.1 Å². The third-order valence-electron chi connectivity index (χ3n) is 5.36. The normalized spacial score (nSPS) is 11.4. The maximum absolute atomic E-state index is 12.9. The number of benzene rings is 3. The number of halogens is 1. The molecule has 36 heavy (non-hydrogen) atoms. The van der Waals surface area contributed by atoms with Crippen LogP contribution in [0.15, 0.2) is 83.1 Å². The highest BCUT2D eigenvalue weighted by atomic mass is 35.5. The van der Waals surface area contributed by atoms with E-state index in [1.165, 1.54) is 23.1 Å². The van der Waals surface area contributed by atoms with Gasteiger partial charge in [0.05, 0.1) is 10.8 Å². The summed E-state index contributed by atoms with van der Waals surface area (Å²) in [6.45, 7) is 3.81. The number of carbonyl (C=O) groups is 2. The summed E-state index contributed by atoms with van der Waals surface area (Å²) in [6, 6.07) is 24.2. The Balaban J connectivity index is 1.42. The van der Waals surface area contributed by atoms with E-state index in [0.717, 1.165) is 21.6 Å². The second kappa shape index (κ2) is 11.4. The van der Waals surface area contributed by atoms with Crippen LogP contribution in [0.3, 0.4) is 0 Å². The minimum absolute atomic E-state index is 0.206. The second-order valence-corrected chi connectivity index (χ2v) is 10.8. The Morgan fingerprint density at radius 1 is 1.03 bits per heavy atom. The molecule has 4 aromatic rings. The first kappa shape index (κ1) is 25.5. The molecule has 0 saturated heterocycles. The van der Waals surface area contributed by atoms with Crippen molar-refractivity contribution >= 4 is 57.2 Å². The molecule has 180 valence electrons. The monoisotopic (exact) mass is 531 g/mol. The summed E-state index contributed by atoms with van der Waals surface area (Å²) < 4.78 is 0. The van der Waals surface area contributed by atoms with Crippen molar-refractivity contribution < 1.29 is 9.59 Å². The van der Waals surface area contributed by atoms with Gasteiger partial charge in [0.25, 0.3) is 5.91 Å². The van der Waals surface area contributed by atoms with Crippen LogP contribution in [0.25, 0.3) is 11.1 Å². The molecule has 1 heterocycles. The van der Waals surface area contributed by atoms with Crippen LogP contribution in [0.1, 0.15) is 28.4 Å². The minimum atomic E-state index is -0.430. The van der Waals surface area contributed by atoms with Gasteiger partial charge in [0.1, 0.15) is 11.1 Å². The molecule has 1 unspecified atom stereocenters. The molecule has 2 amide bonds. The molecule has 5 nitrogen and oxygen atoms in total. The SMILES string of the molecule is Cc1ccc(-c2csc(NC(=O)C(C)Sc3cccc(NC(=O)c4cccc(Cl)c4)c3)c2C#N)cc1. The zero-order valence-corrected chi connectivity index (χ0v) is 21.9. The maximum Gasteiger partial charge on any atom is 0.255 e. The predicted octanol–water partition coefficient (Wildman–Crippen LogP) is 7.62. The molecule has 0 fully saturated rings. The summed E-state index contributed by atoms with van der Waals surface area (Å²) in [5, 5.41) is 18.0. The number of nitrogens with one attached hydrogen (secondary N) is 2. The standard InChI is InChI=1S/C28H22ClN3O2S2/c1-17-9-11-19(12-10-17)25-16-35-28(24(25)15-30)32-26(33)18(2)36-23-8-4-7-22(14-23)31-27(34)20-5-3-6-21(29)13-20/h3-14,16,18H,1-2H3,(H,31,34)(H,32,33). The lowest BCUT2D eigenvalue weighted by molar-refractivity contribution is -0.115. The minimum Gasteiger partial charge on any atom is -0.322 e. The number of hydrogen-bond donors (Lipinski definition) is 2. The first-order valence-corrected chi connectivity index (χ1v) is 13.2. The average Bonchev–Trinajstić information content (AvgIpc) is 3.27. The summed E-state index contributed by atoms with van der Waals surface area (Å²) in [7, 11) is 0. The van der Waals surface area contributed by atoms with Gasteiger partial charge in [-0.15, -0.1) is 23.1 Å². The highest BCUT2D eigenvalue weighted by Crippen LogP contribution is 2.36. The molecule has 8 heteroatoms. The Morgan fingerprint density at radius 3 is 2.50 bits per heavy atom. The largest absolute Gasteiger partial charge is 0.322 e. The number of thioether (sulfide) groups is 1. The molecule has 1 atom stereocenters. The lowest BCUT2D eigenvalue weighted by Gasteiger charge is -2.13. The van der Waals surface area contributed by atoms with E-state index in [0.29, 0.717) is 26.8 Å². The first-order valence-electron chi connectivity index (χ1n) is 11.1. The van der Waals surface area contributed by atoms with Gasteiger partial charge in [-0.3, -0.25) is 9.59 Å². The van der Waals surface area contributed by atoms with Crippen LogP contribution in [-0.2, 0) is 4.79 Å². The molecule has 0 spiro atoms. The first-order chi connectivity index (χ1) is 17.3. The van der Waals surface area contributed by atoms with Crippen LogP contribution in [0.4, 0.5) is 10.7 Å². The molecule has 0 saturated carbocycles. The Bertz CT molecular complexity index is 1460. The van der Waals surface area contributed by atoms with Crippen molar-refractivity contribution in [1.29, 1.82) is 5.26 Å². The Kier molecular flexibility index (Phi) is 8.11. The fraction of sp³-hybridized carbons (Fsp3) is 0.107. The van der Waals surface area contributed by atoms with Gasteiger partial charge in [-0.25, -0.2) is 0 Å². The maximum atomic E-state index is 12.9. The lowest BCUT2D eigenvalue weighted by atomic mass is 10.0. The van der Waals surface area contributed by atoms with E-state index in [9.17, 15) is 14.9 Å². The zero-order chi connectivity index (χ0) is 25.7. The number of aryl methyl sites for hydroxylation is 1. The third-order valence-corrected chi connectivity index (χ3v) is 7.59. The molecule has 1 aromatic heterocycles. The van der Waals surface area contributed by atoms with Gasteiger partial charge in [0.15, 0.2) is 0 Å². The summed E-state index contributed by atoms with van der Waals surface area (Å²) in [5.41, 5.74) is 4.42. The van der Waals surface area contributed by atoms with Gasteiger partial charge >= 0.3 is 0 Å². The van der Waals surface area contributed by atoms with Crippen LogP contribution in [0, 0.1) is 18.3 Å². The summed E-state index contributed by atoms with van der Waals surface area (Å²) in [6.07, 6.45) is 0. The highest BCUT2D eigenvalue weighted by molar-refractivity contribution is 8.00. The Labute approximate surface area is 223 Å². The number of thiophene rings is 1. The summed E-state index contributed by atoms with van der Waals surface area (Å²) in [4.78, 5) is 26.3. The molecule has 0 aliphatic rings. The van der Waals surface area contributed by atoms with Crippen molar-refractivity contribution in [3.8, 4) is 17.2 Å². The molecule has 0 aliphatic carbocycles. The van der Waals surface area contributed by atoms with Crippen molar-refractivity contribution in [2.24, 2.45) is 0 Å². The van der Waals surface area contributed by atoms with Crippen LogP contribution < -0.4 is 10.6 Å². The van der Waals surface area contributed by atoms with Crippen molar-refractivity contribution in [3.63, 3.8) is 0 Å². The Hall–Kier alpha value is -3.57. The topological polar surface area (TPSA) is 82.0 Å². The smallest absolute Gasteiger partial charge is 0.255 e. The summed E-state index contributed by atoms with van der Waals surface area (Å²) in [5.74, 6) is -0.473. The van der Waals surface area contributed by atoms with Crippen molar-refractivity contribution in [2.45, 2.75) is 24.0 Å². The van der Waals surface area contributed by atoms with E-state index in [4.69, 9.17) is 11.6 Å². The van der Waals surface area contributed by atoms with Crippen LogP contribution in [-0.4, -0.2) is 17.1 Å². The lowest BCUT2D eigenvalue weighted by Crippen LogP contribution is -2.22. The van der Waals surface area contributed by atoms with Gasteiger partial charge < -0.3 is 10.6 Å². The number of nitriles is 1. The van der Waals surface area contributed by atoms with Gasteiger partial charge in [0.2, 0.25) is 5.91 Å². The quantitative estimate of drug-likeness (QED) is 0.240. The van der Waals surface area contributed by atoms with Gasteiger partial charge in [-0.1, -0.05) is 53.6 Å². The van der Waals surface area contributed by atoms with E-state index < -0.39 is 5.25 Å². The highest BCUT2D eigenvalue weighted by Gasteiger charge is 2.20. The number of anilines is 2. The van der Waals surface area contributed by atoms with Crippen molar-refractivity contribution in [2.75, 3.05) is 10.6 Å². The third kappa shape index (κ3) is 6.16. The number of hydrogen-bond acceptors (Lipinski definition) is 5. The zero-order valence-electron chi connectivity index (χ0n) is 19.5. The van der Waals surface area contributed by atoms with E-state index in [1.807, 2.05) is 54.8 Å². The van der Waals surface area contributed by atoms with Crippen LogP contribution in [0.2, 0.25) is 5.02 Å². The van der Waals surface area contributed by atoms with Gasteiger partial charge in [-0.05, 0) is 55.8 Å². The fourth-order valence-electron chi connectivity index (χ4n) is 3.46. The van der Waals surface area contributed by atoms with Crippen LogP contribution in [0.5, 0.6) is 0 Å². The molecule has 0 aliphatic heterocycles. The fourth-order valence-corrected chi connectivity index (χ4v) is 5.50. The molecular weight excluding hydrogens is 510 g/mol. The molecule has 2 N–H and O–H groups in total. The van der Waals surface area contributed by atoms with Crippen LogP contribution >= 0.6 is 34.7 Å².